The number of hydrogen-bond donors (Lipinski definition) is 0. The average molecular weight is 634 g/mol. The first-order chi connectivity index (χ1) is 22.6. The van der Waals surface area contributed by atoms with Crippen molar-refractivity contribution >= 4 is 37.7 Å². The molecule has 4 aliphatic heterocycles. The summed E-state index contributed by atoms with van der Waals surface area (Å²) in [6, 6.07) is 25.9. The van der Waals surface area contributed by atoms with Gasteiger partial charge in [-0.05, 0) is 63.7 Å². The van der Waals surface area contributed by atoms with Crippen LogP contribution >= 0.6 is 0 Å². The Labute approximate surface area is 282 Å². The third kappa shape index (κ3) is 7.77. The standard InChI is InChI=1S/C38H49B3O6/c1-7-32-21-35-26-11-8-16-31(18-26)41-44-34(24-38(4,5)6)23-37(47-41)28-13-10-15-30(20-28)40-43-33(17-25(2)3)22-36(46-40)27-12-9-14-29(19-27)39(42-32)45-35/h8-16,18-20,25,32-37H,7,17,21-24H2,1-6H3. The Morgan fingerprint density at radius 1 is 0.596 bits per heavy atom. The van der Waals surface area contributed by atoms with Crippen molar-refractivity contribution in [2.24, 2.45) is 11.3 Å². The van der Waals surface area contributed by atoms with Gasteiger partial charge >= 0.3 is 21.4 Å². The molecule has 47 heavy (non-hydrogen) atoms. The van der Waals surface area contributed by atoms with Gasteiger partial charge in [-0.15, -0.1) is 0 Å². The highest BCUT2D eigenvalue weighted by Gasteiger charge is 2.42. The first-order valence-corrected chi connectivity index (χ1v) is 17.8. The molecule has 4 aliphatic rings. The number of benzene rings is 3. The molecule has 3 aromatic carbocycles. The molecule has 6 atom stereocenters. The van der Waals surface area contributed by atoms with Crippen molar-refractivity contribution < 1.29 is 27.9 Å². The molecule has 0 radical (unpaired) electrons. The Bertz CT molecular complexity index is 1530. The molecule has 9 heteroatoms. The summed E-state index contributed by atoms with van der Waals surface area (Å²) in [5.41, 5.74) is 6.56. The van der Waals surface area contributed by atoms with Gasteiger partial charge < -0.3 is 27.9 Å². The van der Waals surface area contributed by atoms with E-state index in [0.29, 0.717) is 5.92 Å². The summed E-state index contributed by atoms with van der Waals surface area (Å²) in [5, 5.41) is 0. The van der Waals surface area contributed by atoms with E-state index in [2.05, 4.69) is 114 Å². The van der Waals surface area contributed by atoms with Crippen LogP contribution in [0.25, 0.3) is 0 Å². The average Bonchev–Trinajstić information content (AvgIpc) is 3.06. The summed E-state index contributed by atoms with van der Waals surface area (Å²) in [5.74, 6) is 0.513. The molecule has 0 aromatic heterocycles. The van der Waals surface area contributed by atoms with Crippen LogP contribution in [0, 0.1) is 11.3 Å². The molecule has 0 amide bonds. The van der Waals surface area contributed by atoms with E-state index in [1.165, 1.54) is 0 Å². The van der Waals surface area contributed by atoms with Gasteiger partial charge in [0.2, 0.25) is 0 Å². The van der Waals surface area contributed by atoms with Crippen molar-refractivity contribution in [3.63, 3.8) is 0 Å². The van der Waals surface area contributed by atoms with Crippen molar-refractivity contribution in [2.45, 2.75) is 117 Å². The molecule has 4 heterocycles. The van der Waals surface area contributed by atoms with Crippen molar-refractivity contribution in [1.29, 1.82) is 0 Å². The van der Waals surface area contributed by atoms with Crippen LogP contribution in [0.3, 0.4) is 0 Å². The van der Waals surface area contributed by atoms with Crippen LogP contribution in [0.15, 0.2) is 72.8 Å². The van der Waals surface area contributed by atoms with E-state index in [9.17, 15) is 0 Å². The van der Waals surface area contributed by atoms with E-state index < -0.39 is 21.4 Å². The molecule has 0 N–H and O–H groups in total. The normalized spacial score (nSPS) is 27.8. The molecule has 0 spiro atoms. The second-order valence-electron chi connectivity index (χ2n) is 15.7. The van der Waals surface area contributed by atoms with Crippen LogP contribution in [-0.4, -0.2) is 39.7 Å². The van der Waals surface area contributed by atoms with Crippen LogP contribution in [0.2, 0.25) is 0 Å². The lowest BCUT2D eigenvalue weighted by atomic mass is 9.71. The fourth-order valence-electron chi connectivity index (χ4n) is 7.71. The van der Waals surface area contributed by atoms with Gasteiger partial charge in [0.15, 0.2) is 0 Å². The van der Waals surface area contributed by atoms with Gasteiger partial charge in [0.05, 0.1) is 18.3 Å². The molecule has 246 valence electrons. The van der Waals surface area contributed by atoms with E-state index in [-0.39, 0.29) is 42.0 Å². The number of rotatable bonds is 4. The topological polar surface area (TPSA) is 55.4 Å². The van der Waals surface area contributed by atoms with Gasteiger partial charge in [0, 0.05) is 37.6 Å². The summed E-state index contributed by atoms with van der Waals surface area (Å²) >= 11 is 0. The third-order valence-corrected chi connectivity index (χ3v) is 9.94. The molecule has 3 saturated heterocycles. The smallest absolute Gasteiger partial charge is 0.404 e. The van der Waals surface area contributed by atoms with E-state index in [4.69, 9.17) is 27.9 Å². The minimum absolute atomic E-state index is 0.0526. The van der Waals surface area contributed by atoms with Crippen LogP contribution in [0.5, 0.6) is 0 Å². The summed E-state index contributed by atoms with van der Waals surface area (Å²) in [4.78, 5) is 0. The van der Waals surface area contributed by atoms with Crippen LogP contribution in [-0.2, 0) is 27.9 Å². The van der Waals surface area contributed by atoms with Crippen molar-refractivity contribution in [3.05, 3.63) is 89.5 Å². The Morgan fingerprint density at radius 3 is 1.43 bits per heavy atom. The second kappa shape index (κ2) is 13.9. The summed E-state index contributed by atoms with van der Waals surface area (Å²) in [7, 11) is -1.43. The minimum atomic E-state index is -0.486. The van der Waals surface area contributed by atoms with Crippen molar-refractivity contribution in [1.82, 2.24) is 0 Å². The number of hydrogen-bond acceptors (Lipinski definition) is 6. The molecule has 3 fully saturated rings. The minimum Gasteiger partial charge on any atom is -0.404 e. The zero-order valence-corrected chi connectivity index (χ0v) is 28.9. The first-order valence-electron chi connectivity index (χ1n) is 17.8. The monoisotopic (exact) mass is 634 g/mol. The van der Waals surface area contributed by atoms with E-state index in [1.807, 2.05) is 0 Å². The quantitative estimate of drug-likeness (QED) is 0.301. The lowest BCUT2D eigenvalue weighted by Gasteiger charge is -2.39. The molecule has 0 saturated carbocycles. The highest BCUT2D eigenvalue weighted by Crippen LogP contribution is 2.37. The van der Waals surface area contributed by atoms with Crippen LogP contribution < -0.4 is 16.4 Å². The summed E-state index contributed by atoms with van der Waals surface area (Å²) < 4.78 is 40.4. The predicted molar refractivity (Wildman–Crippen MR) is 189 cm³/mol. The molecular formula is C38H49B3O6. The zero-order valence-electron chi connectivity index (χ0n) is 28.9. The van der Waals surface area contributed by atoms with E-state index in [1.54, 1.807) is 0 Å². The van der Waals surface area contributed by atoms with Gasteiger partial charge in [0.25, 0.3) is 0 Å². The SMILES string of the molecule is CCC1CC2OB(O1)c1cccc(c1)C1CC(CC(C)C)OB(O1)c1cccc(c1)C1CC(CC(C)(C)C)OB(O1)c1cccc2c1. The maximum atomic E-state index is 6.84. The highest BCUT2D eigenvalue weighted by atomic mass is 16.6. The first kappa shape index (κ1) is 33.1. The lowest BCUT2D eigenvalue weighted by molar-refractivity contribution is 0.00351. The van der Waals surface area contributed by atoms with Gasteiger partial charge in [-0.3, -0.25) is 0 Å². The van der Waals surface area contributed by atoms with Gasteiger partial charge in [-0.25, -0.2) is 0 Å². The van der Waals surface area contributed by atoms with Gasteiger partial charge in [-0.1, -0.05) is 114 Å². The lowest BCUT2D eigenvalue weighted by Crippen LogP contribution is -2.49. The third-order valence-electron chi connectivity index (χ3n) is 9.94. The van der Waals surface area contributed by atoms with Crippen LogP contribution in [0.1, 0.15) is 115 Å². The fraction of sp³-hybridized carbons (Fsp3) is 0.526. The zero-order chi connectivity index (χ0) is 32.7. The number of fused-ring (bicyclic) bond motifs is 18. The van der Waals surface area contributed by atoms with Gasteiger partial charge in [0.1, 0.15) is 0 Å². The molecule has 3 aromatic rings. The molecular weight excluding hydrogens is 585 g/mol. The van der Waals surface area contributed by atoms with E-state index in [0.717, 1.165) is 71.6 Å². The summed E-state index contributed by atoms with van der Waals surface area (Å²) in [6.07, 6.45) is 5.09. The fourth-order valence-corrected chi connectivity index (χ4v) is 7.71. The predicted octanol–water partition coefficient (Wildman–Crippen LogP) is 6.62. The molecule has 12 bridgehead atoms. The molecule has 6 nitrogen and oxygen atoms in total. The van der Waals surface area contributed by atoms with Crippen LogP contribution in [0.4, 0.5) is 0 Å². The molecule has 0 aliphatic carbocycles. The largest absolute Gasteiger partial charge is 0.494 e. The van der Waals surface area contributed by atoms with Gasteiger partial charge in [-0.2, -0.15) is 0 Å². The highest BCUT2D eigenvalue weighted by molar-refractivity contribution is 6.62. The Hall–Kier alpha value is -2.39. The van der Waals surface area contributed by atoms with Crippen molar-refractivity contribution in [3.8, 4) is 0 Å². The summed E-state index contributed by atoms with van der Waals surface area (Å²) in [6.45, 7) is 13.5. The Kier molecular flexibility index (Phi) is 9.76. The maximum Gasteiger partial charge on any atom is 0.494 e. The maximum absolute atomic E-state index is 6.84. The van der Waals surface area contributed by atoms with E-state index >= 15 is 0 Å². The molecule has 6 unspecified atom stereocenters. The Morgan fingerprint density at radius 2 is 1.00 bits per heavy atom. The van der Waals surface area contributed by atoms with Crippen molar-refractivity contribution in [2.75, 3.05) is 0 Å². The Balaban J connectivity index is 1.33. The molecule has 7 rings (SSSR count). The second-order valence-corrected chi connectivity index (χ2v) is 15.7.